The molecule has 0 saturated carbocycles. The van der Waals surface area contributed by atoms with Gasteiger partial charge in [0.05, 0.1) is 21.0 Å². The van der Waals surface area contributed by atoms with E-state index >= 15 is 0 Å². The van der Waals surface area contributed by atoms with E-state index in [9.17, 15) is 19.7 Å². The monoisotopic (exact) mass is 475 g/mol. The highest BCUT2D eigenvalue weighted by Crippen LogP contribution is 2.22. The molecule has 0 bridgehead atoms. The largest absolute Gasteiger partial charge is 0.312 e. The Morgan fingerprint density at radius 2 is 2.00 bits per heavy atom. The summed E-state index contributed by atoms with van der Waals surface area (Å²) >= 11 is 1.97. The molecule has 2 aromatic rings. The van der Waals surface area contributed by atoms with Gasteiger partial charge >= 0.3 is 5.69 Å². The smallest absolute Gasteiger partial charge is 0.274 e. The number of hydrazine groups is 1. The molecule has 2 amide bonds. The molecule has 1 atom stereocenters. The Hall–Kier alpha value is -2.51. The van der Waals surface area contributed by atoms with Crippen molar-refractivity contribution in [2.24, 2.45) is 13.0 Å². The van der Waals surface area contributed by atoms with Crippen LogP contribution in [-0.4, -0.2) is 36.3 Å². The number of aryl methyl sites for hydroxylation is 2. The van der Waals surface area contributed by atoms with Crippen molar-refractivity contribution in [2.45, 2.75) is 27.3 Å². The van der Waals surface area contributed by atoms with Gasteiger partial charge in [-0.1, -0.05) is 6.92 Å². The number of nitrogens with zero attached hydrogens (tertiary/aromatic N) is 5. The summed E-state index contributed by atoms with van der Waals surface area (Å²) in [4.78, 5) is 34.8. The minimum absolute atomic E-state index is 0.0596. The van der Waals surface area contributed by atoms with Gasteiger partial charge in [0.1, 0.15) is 11.4 Å². The molecule has 0 aliphatic carbocycles. The molecule has 2 heterocycles. The number of carbonyl (C=O) groups excluding carboxylic acids is 2. The van der Waals surface area contributed by atoms with E-state index in [0.717, 1.165) is 0 Å². The van der Waals surface area contributed by atoms with Crippen LogP contribution in [0.4, 0.5) is 5.69 Å². The molecule has 0 radical (unpaired) electrons. The van der Waals surface area contributed by atoms with Crippen LogP contribution >= 0.6 is 22.6 Å². The van der Waals surface area contributed by atoms with Crippen LogP contribution < -0.4 is 10.9 Å². The minimum Gasteiger partial charge on any atom is -0.274 e. The van der Waals surface area contributed by atoms with Gasteiger partial charge in [-0.3, -0.25) is 39.9 Å². The molecular formula is C14H18IN7O4. The Morgan fingerprint density at radius 3 is 2.50 bits per heavy atom. The van der Waals surface area contributed by atoms with Crippen molar-refractivity contribution in [3.05, 3.63) is 37.0 Å². The first kappa shape index (κ1) is 19.8. The van der Waals surface area contributed by atoms with Crippen molar-refractivity contribution in [1.82, 2.24) is 30.4 Å². The number of hydrogen-bond acceptors (Lipinski definition) is 6. The summed E-state index contributed by atoms with van der Waals surface area (Å²) in [6.07, 6.45) is 1.68. The first-order chi connectivity index (χ1) is 12.1. The number of rotatable bonds is 5. The Bertz CT molecular complexity index is 873. The van der Waals surface area contributed by atoms with Crippen LogP contribution in [0.25, 0.3) is 0 Å². The summed E-state index contributed by atoms with van der Waals surface area (Å²) in [7, 11) is 1.69. The minimum atomic E-state index is -0.573. The predicted octanol–water partition coefficient (Wildman–Crippen LogP) is 0.844. The van der Waals surface area contributed by atoms with Crippen LogP contribution in [0.3, 0.4) is 0 Å². The van der Waals surface area contributed by atoms with E-state index in [0.29, 0.717) is 9.26 Å². The van der Waals surface area contributed by atoms with Crippen LogP contribution in [0.15, 0.2) is 6.20 Å². The van der Waals surface area contributed by atoms with E-state index in [-0.39, 0.29) is 23.6 Å². The molecule has 1 unspecified atom stereocenters. The third kappa shape index (κ3) is 4.17. The van der Waals surface area contributed by atoms with E-state index in [2.05, 4.69) is 21.0 Å². The molecule has 2 aromatic heterocycles. The second kappa shape index (κ2) is 7.80. The maximum absolute atomic E-state index is 12.2. The molecule has 0 aliphatic rings. The number of hydrogen-bond donors (Lipinski definition) is 2. The average molecular weight is 475 g/mol. The molecule has 0 aliphatic heterocycles. The van der Waals surface area contributed by atoms with Crippen molar-refractivity contribution in [3.63, 3.8) is 0 Å². The molecule has 26 heavy (non-hydrogen) atoms. The van der Waals surface area contributed by atoms with Gasteiger partial charge in [-0.25, -0.2) is 0 Å². The Kier molecular flexibility index (Phi) is 5.94. The molecule has 0 aromatic carbocycles. The number of carbonyl (C=O) groups is 2. The lowest BCUT2D eigenvalue weighted by molar-refractivity contribution is -0.386. The molecule has 0 fully saturated rings. The summed E-state index contributed by atoms with van der Waals surface area (Å²) < 4.78 is 3.57. The summed E-state index contributed by atoms with van der Waals surface area (Å²) in [6.45, 7) is 4.90. The highest BCUT2D eigenvalue weighted by atomic mass is 127. The first-order valence-corrected chi connectivity index (χ1v) is 8.67. The molecule has 12 heteroatoms. The van der Waals surface area contributed by atoms with Crippen molar-refractivity contribution in [3.8, 4) is 0 Å². The van der Waals surface area contributed by atoms with Crippen LogP contribution in [0.1, 0.15) is 28.8 Å². The molecule has 140 valence electrons. The van der Waals surface area contributed by atoms with Crippen molar-refractivity contribution in [2.75, 3.05) is 0 Å². The first-order valence-electron chi connectivity index (χ1n) is 7.59. The normalized spacial score (nSPS) is 11.9. The molecular weight excluding hydrogens is 457 g/mol. The zero-order valence-corrected chi connectivity index (χ0v) is 16.8. The zero-order valence-electron chi connectivity index (χ0n) is 14.6. The van der Waals surface area contributed by atoms with E-state index in [1.165, 1.54) is 9.36 Å². The molecule has 2 rings (SSSR count). The lowest BCUT2D eigenvalue weighted by Crippen LogP contribution is -2.45. The van der Waals surface area contributed by atoms with Crippen LogP contribution in [0, 0.1) is 33.4 Å². The molecule has 0 spiro atoms. The Morgan fingerprint density at radius 1 is 1.35 bits per heavy atom. The van der Waals surface area contributed by atoms with Crippen LogP contribution in [0.2, 0.25) is 0 Å². The maximum atomic E-state index is 12.2. The number of amides is 2. The Labute approximate surface area is 162 Å². The third-order valence-electron chi connectivity index (χ3n) is 3.72. The van der Waals surface area contributed by atoms with Crippen LogP contribution in [-0.2, 0) is 18.4 Å². The van der Waals surface area contributed by atoms with Crippen molar-refractivity contribution < 1.29 is 14.5 Å². The topological polar surface area (TPSA) is 137 Å². The van der Waals surface area contributed by atoms with Gasteiger partial charge in [0.25, 0.3) is 5.91 Å². The number of aromatic nitrogens is 4. The highest BCUT2D eigenvalue weighted by molar-refractivity contribution is 14.1. The number of nitro groups is 1. The van der Waals surface area contributed by atoms with Gasteiger partial charge in [0.2, 0.25) is 5.91 Å². The van der Waals surface area contributed by atoms with Crippen molar-refractivity contribution in [1.29, 1.82) is 0 Å². The zero-order chi connectivity index (χ0) is 19.6. The van der Waals surface area contributed by atoms with E-state index < -0.39 is 22.7 Å². The van der Waals surface area contributed by atoms with Crippen molar-refractivity contribution >= 4 is 40.1 Å². The van der Waals surface area contributed by atoms with E-state index in [1.54, 1.807) is 34.0 Å². The quantitative estimate of drug-likeness (QED) is 0.374. The fraction of sp³-hybridized carbons (Fsp3) is 0.429. The predicted molar refractivity (Wildman–Crippen MR) is 99.1 cm³/mol. The maximum Gasteiger partial charge on any atom is 0.312 e. The second-order valence-corrected chi connectivity index (χ2v) is 6.96. The summed E-state index contributed by atoms with van der Waals surface area (Å²) in [6, 6.07) is 0. The summed E-state index contributed by atoms with van der Waals surface area (Å²) in [5.74, 6) is -1.55. The van der Waals surface area contributed by atoms with Gasteiger partial charge in [0, 0.05) is 13.2 Å². The van der Waals surface area contributed by atoms with Crippen LogP contribution in [0.5, 0.6) is 0 Å². The van der Waals surface area contributed by atoms with Gasteiger partial charge in [-0.05, 0) is 36.4 Å². The number of halogens is 1. The molecule has 0 saturated heterocycles. The lowest BCUT2D eigenvalue weighted by Gasteiger charge is -2.13. The highest BCUT2D eigenvalue weighted by Gasteiger charge is 2.24. The van der Waals surface area contributed by atoms with Gasteiger partial charge in [-0.15, -0.1) is 0 Å². The fourth-order valence-electron chi connectivity index (χ4n) is 2.39. The third-order valence-corrected chi connectivity index (χ3v) is 4.51. The van der Waals surface area contributed by atoms with Gasteiger partial charge in [0.15, 0.2) is 5.69 Å². The Balaban J connectivity index is 1.98. The standard InChI is InChI=1S/C14H18IN7O4/c1-7(5-21-9(3)12(22(25)26)8(2)18-21)13(23)16-17-14(24)11-10(15)6-20(4)19-11/h6-7H,5H2,1-4H3,(H,16,23)(H,17,24). The van der Waals surface area contributed by atoms with Gasteiger partial charge in [-0.2, -0.15) is 10.2 Å². The SMILES string of the molecule is Cc1nn(CC(C)C(=O)NNC(=O)c2nn(C)cc2I)c(C)c1[N+](=O)[O-]. The summed E-state index contributed by atoms with van der Waals surface area (Å²) in [5.41, 5.74) is 5.46. The lowest BCUT2D eigenvalue weighted by atomic mass is 10.1. The van der Waals surface area contributed by atoms with Gasteiger partial charge < -0.3 is 0 Å². The van der Waals surface area contributed by atoms with E-state index in [1.807, 2.05) is 22.6 Å². The molecule has 2 N–H and O–H groups in total. The summed E-state index contributed by atoms with van der Waals surface area (Å²) in [5, 5.41) is 19.1. The van der Waals surface area contributed by atoms with E-state index in [4.69, 9.17) is 0 Å². The second-order valence-electron chi connectivity index (χ2n) is 5.80. The average Bonchev–Trinajstić information content (AvgIpc) is 3.02. The molecule has 11 nitrogen and oxygen atoms in total. The fourth-order valence-corrected chi connectivity index (χ4v) is 3.14. The number of nitrogens with one attached hydrogen (secondary N) is 2.